The van der Waals surface area contributed by atoms with Crippen LogP contribution in [-0.2, 0) is 0 Å². The Hall–Kier alpha value is -1.83. The molecule has 0 aliphatic carbocycles. The monoisotopic (exact) mass is 229 g/mol. The molecule has 2 heteroatoms. The van der Waals surface area contributed by atoms with Gasteiger partial charge in [0.25, 0.3) is 5.91 Å². The number of hydrogen-bond donors (Lipinski definition) is 0. The van der Waals surface area contributed by atoms with Gasteiger partial charge in [0.05, 0.1) is 5.52 Å². The van der Waals surface area contributed by atoms with Gasteiger partial charge >= 0.3 is 0 Å². The van der Waals surface area contributed by atoms with Gasteiger partial charge in [0.1, 0.15) is 0 Å². The van der Waals surface area contributed by atoms with Crippen molar-refractivity contribution in [2.24, 2.45) is 5.92 Å². The van der Waals surface area contributed by atoms with Crippen molar-refractivity contribution in [2.75, 3.05) is 0 Å². The topological polar surface area (TPSA) is 22.0 Å². The van der Waals surface area contributed by atoms with Gasteiger partial charge in [-0.3, -0.25) is 9.36 Å². The molecule has 0 aliphatic rings. The van der Waals surface area contributed by atoms with Crippen LogP contribution in [0.1, 0.15) is 25.6 Å². The van der Waals surface area contributed by atoms with Crippen molar-refractivity contribution < 1.29 is 4.79 Å². The second kappa shape index (κ2) is 6.04. The highest BCUT2D eigenvalue weighted by atomic mass is 16.1. The van der Waals surface area contributed by atoms with Gasteiger partial charge in [-0.2, -0.15) is 0 Å². The van der Waals surface area contributed by atoms with E-state index in [2.05, 4.69) is 27.4 Å². The number of para-hydroxylation sites is 1. The summed E-state index contributed by atoms with van der Waals surface area (Å²) in [5, 5.41) is 1.07. The highest BCUT2D eigenvalue weighted by molar-refractivity contribution is 5.97. The minimum Gasteiger partial charge on any atom is -0.284 e. The first kappa shape index (κ1) is 13.2. The number of carbonyl (C=O) groups is 1. The molecule has 0 aliphatic heterocycles. The second-order valence-electron chi connectivity index (χ2n) is 4.52. The third-order valence-electron chi connectivity index (χ3n) is 2.01. The van der Waals surface area contributed by atoms with Crippen LogP contribution in [0.5, 0.6) is 0 Å². The Balaban J connectivity index is 0.000000317. The smallest absolute Gasteiger partial charge is 0.254 e. The lowest BCUT2D eigenvalue weighted by molar-refractivity contribution is 0.0974. The molecular formula is C15H19NO. The van der Waals surface area contributed by atoms with Crippen LogP contribution < -0.4 is 0 Å². The molecule has 0 N–H and O–H groups in total. The third-order valence-corrected chi connectivity index (χ3v) is 2.01. The SMILES string of the molecule is C=CC(=O)n1ccc2ccccc21.CC(C)C. The van der Waals surface area contributed by atoms with Crippen molar-refractivity contribution in [1.29, 1.82) is 0 Å². The Morgan fingerprint density at radius 2 is 1.82 bits per heavy atom. The summed E-state index contributed by atoms with van der Waals surface area (Å²) < 4.78 is 1.59. The van der Waals surface area contributed by atoms with Gasteiger partial charge in [0.2, 0.25) is 0 Å². The van der Waals surface area contributed by atoms with Crippen molar-refractivity contribution in [3.63, 3.8) is 0 Å². The molecule has 0 saturated carbocycles. The lowest BCUT2D eigenvalue weighted by atomic mass is 10.2. The molecule has 2 aromatic rings. The summed E-state index contributed by atoms with van der Waals surface area (Å²) in [6.45, 7) is 9.95. The Kier molecular flexibility index (Phi) is 4.70. The zero-order valence-electron chi connectivity index (χ0n) is 10.7. The number of nitrogens with zero attached hydrogens (tertiary/aromatic N) is 1. The van der Waals surface area contributed by atoms with E-state index in [1.807, 2.05) is 30.3 Å². The molecule has 1 aromatic heterocycles. The maximum atomic E-state index is 11.3. The van der Waals surface area contributed by atoms with E-state index in [4.69, 9.17) is 0 Å². The quantitative estimate of drug-likeness (QED) is 0.674. The first-order valence-corrected chi connectivity index (χ1v) is 5.79. The number of aromatic nitrogens is 1. The molecule has 0 amide bonds. The molecular weight excluding hydrogens is 210 g/mol. The number of benzene rings is 1. The molecule has 0 saturated heterocycles. The fourth-order valence-corrected chi connectivity index (χ4v) is 1.37. The molecule has 90 valence electrons. The zero-order chi connectivity index (χ0) is 12.8. The van der Waals surface area contributed by atoms with Gasteiger partial charge in [-0.05, 0) is 24.1 Å². The van der Waals surface area contributed by atoms with Crippen molar-refractivity contribution in [2.45, 2.75) is 20.8 Å². The molecule has 0 bridgehead atoms. The van der Waals surface area contributed by atoms with E-state index in [9.17, 15) is 4.79 Å². The molecule has 0 unspecified atom stereocenters. The molecule has 1 aromatic carbocycles. The zero-order valence-corrected chi connectivity index (χ0v) is 10.7. The molecule has 0 radical (unpaired) electrons. The van der Waals surface area contributed by atoms with Gasteiger partial charge in [-0.25, -0.2) is 0 Å². The van der Waals surface area contributed by atoms with E-state index < -0.39 is 0 Å². The Morgan fingerprint density at radius 3 is 2.41 bits per heavy atom. The van der Waals surface area contributed by atoms with Gasteiger partial charge < -0.3 is 0 Å². The summed E-state index contributed by atoms with van der Waals surface area (Å²) in [6.07, 6.45) is 3.07. The number of allylic oxidation sites excluding steroid dienone is 1. The van der Waals surface area contributed by atoms with Crippen LogP contribution in [0, 0.1) is 5.92 Å². The van der Waals surface area contributed by atoms with Crippen LogP contribution >= 0.6 is 0 Å². The minimum atomic E-state index is -0.0961. The summed E-state index contributed by atoms with van der Waals surface area (Å²) in [6, 6.07) is 9.66. The van der Waals surface area contributed by atoms with Crippen LogP contribution in [0.15, 0.2) is 49.2 Å². The summed E-state index contributed by atoms with van der Waals surface area (Å²) >= 11 is 0. The van der Waals surface area contributed by atoms with E-state index in [0.29, 0.717) is 0 Å². The largest absolute Gasteiger partial charge is 0.284 e. The van der Waals surface area contributed by atoms with Gasteiger partial charge in [-0.15, -0.1) is 0 Å². The van der Waals surface area contributed by atoms with E-state index in [-0.39, 0.29) is 5.91 Å². The number of hydrogen-bond acceptors (Lipinski definition) is 1. The standard InChI is InChI=1S/C11H9NO.C4H10/c1-2-11(13)12-8-7-9-5-3-4-6-10(9)12;1-4(2)3/h2-8H,1H2;4H,1-3H3. The summed E-state index contributed by atoms with van der Waals surface area (Å²) in [4.78, 5) is 11.3. The van der Waals surface area contributed by atoms with Gasteiger partial charge in [-0.1, -0.05) is 45.5 Å². The average Bonchev–Trinajstić information content (AvgIpc) is 2.71. The summed E-state index contributed by atoms with van der Waals surface area (Å²) in [5.41, 5.74) is 0.924. The Bertz CT molecular complexity index is 506. The molecule has 0 atom stereocenters. The van der Waals surface area contributed by atoms with Crippen LogP contribution in [-0.4, -0.2) is 10.5 Å². The first-order chi connectivity index (χ1) is 8.06. The van der Waals surface area contributed by atoms with Crippen LogP contribution in [0.25, 0.3) is 10.9 Å². The first-order valence-electron chi connectivity index (χ1n) is 5.79. The van der Waals surface area contributed by atoms with Gasteiger partial charge in [0, 0.05) is 11.6 Å². The van der Waals surface area contributed by atoms with Crippen molar-refractivity contribution in [3.05, 3.63) is 49.2 Å². The highest BCUT2D eigenvalue weighted by Gasteiger charge is 2.03. The molecule has 1 heterocycles. The Morgan fingerprint density at radius 1 is 1.24 bits per heavy atom. The minimum absolute atomic E-state index is 0.0961. The predicted molar refractivity (Wildman–Crippen MR) is 73.3 cm³/mol. The molecule has 0 spiro atoms. The lowest BCUT2D eigenvalue weighted by Gasteiger charge is -1.97. The molecule has 2 rings (SSSR count). The number of carbonyl (C=O) groups excluding carboxylic acids is 1. The normalized spacial score (nSPS) is 9.88. The maximum Gasteiger partial charge on any atom is 0.254 e. The average molecular weight is 229 g/mol. The second-order valence-corrected chi connectivity index (χ2v) is 4.52. The maximum absolute atomic E-state index is 11.3. The number of fused-ring (bicyclic) bond motifs is 1. The van der Waals surface area contributed by atoms with Crippen molar-refractivity contribution in [1.82, 2.24) is 4.57 Å². The molecule has 2 nitrogen and oxygen atoms in total. The van der Waals surface area contributed by atoms with E-state index in [1.165, 1.54) is 6.08 Å². The van der Waals surface area contributed by atoms with Crippen LogP contribution in [0.2, 0.25) is 0 Å². The third kappa shape index (κ3) is 3.59. The Labute approximate surface area is 103 Å². The lowest BCUT2D eigenvalue weighted by Crippen LogP contribution is -2.04. The van der Waals surface area contributed by atoms with Gasteiger partial charge in [0.15, 0.2) is 0 Å². The highest BCUT2D eigenvalue weighted by Crippen LogP contribution is 2.14. The predicted octanol–water partition coefficient (Wildman–Crippen LogP) is 4.13. The number of rotatable bonds is 1. The van der Waals surface area contributed by atoms with E-state index >= 15 is 0 Å². The molecule has 0 fully saturated rings. The van der Waals surface area contributed by atoms with E-state index in [0.717, 1.165) is 16.8 Å². The van der Waals surface area contributed by atoms with Crippen molar-refractivity contribution in [3.8, 4) is 0 Å². The van der Waals surface area contributed by atoms with Crippen molar-refractivity contribution >= 4 is 16.8 Å². The summed E-state index contributed by atoms with van der Waals surface area (Å²) in [7, 11) is 0. The fraction of sp³-hybridized carbons (Fsp3) is 0.267. The fourth-order valence-electron chi connectivity index (χ4n) is 1.37. The molecule has 17 heavy (non-hydrogen) atoms. The summed E-state index contributed by atoms with van der Waals surface area (Å²) in [5.74, 6) is 0.737. The van der Waals surface area contributed by atoms with E-state index in [1.54, 1.807) is 10.8 Å². The van der Waals surface area contributed by atoms with Crippen LogP contribution in [0.3, 0.4) is 0 Å². The van der Waals surface area contributed by atoms with Crippen LogP contribution in [0.4, 0.5) is 0 Å².